The molecule has 1 saturated heterocycles. The molecule has 2 heterocycles. The van der Waals surface area contributed by atoms with E-state index in [-0.39, 0.29) is 12.1 Å². The van der Waals surface area contributed by atoms with E-state index in [1.165, 1.54) is 0 Å². The predicted octanol–water partition coefficient (Wildman–Crippen LogP) is 1.90. The third-order valence-electron chi connectivity index (χ3n) is 3.12. The van der Waals surface area contributed by atoms with Gasteiger partial charge in [0.15, 0.2) is 0 Å². The molecule has 2 aromatic rings. The Bertz CT molecular complexity index is 560. The quantitative estimate of drug-likeness (QED) is 0.837. The molecule has 0 radical (unpaired) electrons. The molecule has 5 heteroatoms. The second kappa shape index (κ2) is 4.78. The molecule has 0 amide bonds. The van der Waals surface area contributed by atoms with E-state index in [0.29, 0.717) is 12.2 Å². The Labute approximate surface area is 104 Å². The fraction of sp³-hybridized carbons (Fsp3) is 0.385. The molecule has 1 N–H and O–H groups in total. The van der Waals surface area contributed by atoms with E-state index in [9.17, 15) is 4.79 Å². The maximum Gasteiger partial charge on any atom is 0.338 e. The van der Waals surface area contributed by atoms with Crippen LogP contribution in [0, 0.1) is 0 Å². The summed E-state index contributed by atoms with van der Waals surface area (Å²) < 4.78 is 10.5. The van der Waals surface area contributed by atoms with Crippen molar-refractivity contribution < 1.29 is 14.3 Å². The van der Waals surface area contributed by atoms with Gasteiger partial charge in [0.25, 0.3) is 0 Å². The number of fused-ring (bicyclic) bond motifs is 1. The van der Waals surface area contributed by atoms with Crippen molar-refractivity contribution in [3.8, 4) is 0 Å². The second-order valence-electron chi connectivity index (χ2n) is 4.34. The molecule has 1 fully saturated rings. The summed E-state index contributed by atoms with van der Waals surface area (Å²) in [5.41, 5.74) is 2.22. The summed E-state index contributed by atoms with van der Waals surface area (Å²) in [5, 5.41) is 0. The van der Waals surface area contributed by atoms with Gasteiger partial charge in [0.1, 0.15) is 0 Å². The van der Waals surface area contributed by atoms with Crippen LogP contribution in [0.2, 0.25) is 0 Å². The van der Waals surface area contributed by atoms with Gasteiger partial charge < -0.3 is 14.5 Å². The number of imidazole rings is 1. The molecule has 1 aromatic heterocycles. The minimum atomic E-state index is -0.300. The van der Waals surface area contributed by atoms with Crippen LogP contribution in [-0.2, 0) is 9.47 Å². The first-order chi connectivity index (χ1) is 8.83. The monoisotopic (exact) mass is 246 g/mol. The summed E-state index contributed by atoms with van der Waals surface area (Å²) in [4.78, 5) is 18.9. The number of H-pyrrole nitrogens is 1. The van der Waals surface area contributed by atoms with Crippen molar-refractivity contribution in [2.24, 2.45) is 0 Å². The number of esters is 1. The van der Waals surface area contributed by atoms with E-state index in [0.717, 1.165) is 30.5 Å². The fourth-order valence-corrected chi connectivity index (χ4v) is 1.94. The number of ether oxygens (including phenoxy) is 2. The minimum Gasteiger partial charge on any atom is -0.462 e. The van der Waals surface area contributed by atoms with Crippen molar-refractivity contribution in [3.63, 3.8) is 0 Å². The van der Waals surface area contributed by atoms with Gasteiger partial charge in [-0.3, -0.25) is 0 Å². The highest BCUT2D eigenvalue weighted by atomic mass is 16.5. The van der Waals surface area contributed by atoms with Crippen molar-refractivity contribution in [3.05, 3.63) is 30.1 Å². The highest BCUT2D eigenvalue weighted by Crippen LogP contribution is 2.16. The molecule has 1 aliphatic heterocycles. The molecule has 0 bridgehead atoms. The molecule has 1 aromatic carbocycles. The lowest BCUT2D eigenvalue weighted by molar-refractivity contribution is -0.0628. The average molecular weight is 246 g/mol. The van der Waals surface area contributed by atoms with Gasteiger partial charge in [-0.2, -0.15) is 0 Å². The lowest BCUT2D eigenvalue weighted by Crippen LogP contribution is -2.28. The van der Waals surface area contributed by atoms with Gasteiger partial charge in [-0.25, -0.2) is 9.78 Å². The summed E-state index contributed by atoms with van der Waals surface area (Å²) >= 11 is 0. The SMILES string of the molecule is O=C(OCCC1CCO1)c1ccc2nc[nH]c2c1. The Morgan fingerprint density at radius 2 is 2.44 bits per heavy atom. The first kappa shape index (κ1) is 11.2. The van der Waals surface area contributed by atoms with Gasteiger partial charge >= 0.3 is 5.97 Å². The maximum absolute atomic E-state index is 11.8. The van der Waals surface area contributed by atoms with Crippen molar-refractivity contribution in [2.45, 2.75) is 18.9 Å². The van der Waals surface area contributed by atoms with Gasteiger partial charge in [0, 0.05) is 13.0 Å². The first-order valence-corrected chi connectivity index (χ1v) is 6.05. The van der Waals surface area contributed by atoms with Crippen molar-refractivity contribution in [1.82, 2.24) is 9.97 Å². The molecule has 18 heavy (non-hydrogen) atoms. The van der Waals surface area contributed by atoms with Crippen molar-refractivity contribution >= 4 is 17.0 Å². The minimum absolute atomic E-state index is 0.271. The molecule has 0 aliphatic carbocycles. The first-order valence-electron chi connectivity index (χ1n) is 6.05. The molecule has 3 rings (SSSR count). The lowest BCUT2D eigenvalue weighted by atomic mass is 10.1. The van der Waals surface area contributed by atoms with Crippen LogP contribution in [0.4, 0.5) is 0 Å². The standard InChI is InChI=1S/C13H14N2O3/c16-13(18-6-4-10-3-5-17-10)9-1-2-11-12(7-9)15-8-14-11/h1-2,7-8,10H,3-6H2,(H,14,15). The Kier molecular flexibility index (Phi) is 2.98. The van der Waals surface area contributed by atoms with E-state index in [2.05, 4.69) is 9.97 Å². The zero-order valence-corrected chi connectivity index (χ0v) is 9.89. The number of aromatic nitrogens is 2. The highest BCUT2D eigenvalue weighted by molar-refractivity contribution is 5.93. The zero-order chi connectivity index (χ0) is 12.4. The normalized spacial score (nSPS) is 18.6. The number of hydrogen-bond donors (Lipinski definition) is 1. The summed E-state index contributed by atoms with van der Waals surface area (Å²) in [6.07, 6.45) is 3.72. The topological polar surface area (TPSA) is 64.2 Å². The molecule has 94 valence electrons. The van der Waals surface area contributed by atoms with E-state index in [1.807, 2.05) is 0 Å². The van der Waals surface area contributed by atoms with Gasteiger partial charge in [0.05, 0.1) is 35.6 Å². The van der Waals surface area contributed by atoms with E-state index in [4.69, 9.17) is 9.47 Å². The third-order valence-corrected chi connectivity index (χ3v) is 3.12. The van der Waals surface area contributed by atoms with Crippen molar-refractivity contribution in [2.75, 3.05) is 13.2 Å². The number of carbonyl (C=O) groups is 1. The van der Waals surface area contributed by atoms with Gasteiger partial charge in [0.2, 0.25) is 0 Å². The van der Waals surface area contributed by atoms with E-state index < -0.39 is 0 Å². The molecule has 0 saturated carbocycles. The van der Waals surface area contributed by atoms with Gasteiger partial charge in [-0.1, -0.05) is 0 Å². The van der Waals surface area contributed by atoms with Crippen molar-refractivity contribution in [1.29, 1.82) is 0 Å². The number of rotatable bonds is 4. The van der Waals surface area contributed by atoms with Crippen LogP contribution in [0.3, 0.4) is 0 Å². The Hall–Kier alpha value is -1.88. The van der Waals surface area contributed by atoms with Gasteiger partial charge in [-0.15, -0.1) is 0 Å². The second-order valence-corrected chi connectivity index (χ2v) is 4.34. The number of nitrogens with one attached hydrogen (secondary N) is 1. The number of carbonyl (C=O) groups excluding carboxylic acids is 1. The van der Waals surface area contributed by atoms with Crippen LogP contribution in [0.15, 0.2) is 24.5 Å². The summed E-state index contributed by atoms with van der Waals surface area (Å²) in [7, 11) is 0. The summed E-state index contributed by atoms with van der Waals surface area (Å²) in [6, 6.07) is 5.29. The molecule has 0 spiro atoms. The maximum atomic E-state index is 11.8. The number of aromatic amines is 1. The van der Waals surface area contributed by atoms with E-state index >= 15 is 0 Å². The third kappa shape index (κ3) is 2.22. The predicted molar refractivity (Wildman–Crippen MR) is 65.4 cm³/mol. The Morgan fingerprint density at radius 3 is 3.22 bits per heavy atom. The largest absolute Gasteiger partial charge is 0.462 e. The molecule has 1 atom stereocenters. The lowest BCUT2D eigenvalue weighted by Gasteiger charge is -2.25. The molecule has 1 unspecified atom stereocenters. The highest BCUT2D eigenvalue weighted by Gasteiger charge is 2.18. The van der Waals surface area contributed by atoms with Crippen LogP contribution < -0.4 is 0 Å². The fourth-order valence-electron chi connectivity index (χ4n) is 1.94. The molecule has 5 nitrogen and oxygen atoms in total. The molecular weight excluding hydrogens is 232 g/mol. The van der Waals surface area contributed by atoms with E-state index in [1.54, 1.807) is 24.5 Å². The number of benzene rings is 1. The summed E-state index contributed by atoms with van der Waals surface area (Å²) in [6.45, 7) is 1.24. The van der Waals surface area contributed by atoms with Crippen LogP contribution in [0.5, 0.6) is 0 Å². The molecular formula is C13H14N2O3. The van der Waals surface area contributed by atoms with Crippen LogP contribution in [0.25, 0.3) is 11.0 Å². The smallest absolute Gasteiger partial charge is 0.338 e. The van der Waals surface area contributed by atoms with Crippen LogP contribution in [0.1, 0.15) is 23.2 Å². The average Bonchev–Trinajstić information content (AvgIpc) is 2.79. The molecule has 1 aliphatic rings. The van der Waals surface area contributed by atoms with Crippen LogP contribution in [-0.4, -0.2) is 35.3 Å². The number of hydrogen-bond acceptors (Lipinski definition) is 4. The Balaban J connectivity index is 1.60. The zero-order valence-electron chi connectivity index (χ0n) is 9.89. The summed E-state index contributed by atoms with van der Waals surface area (Å²) in [5.74, 6) is -0.300. The Morgan fingerprint density at radius 1 is 1.56 bits per heavy atom. The van der Waals surface area contributed by atoms with Crippen LogP contribution >= 0.6 is 0 Å². The number of nitrogens with zero attached hydrogens (tertiary/aromatic N) is 1. The van der Waals surface area contributed by atoms with Gasteiger partial charge in [-0.05, 0) is 24.6 Å².